The van der Waals surface area contributed by atoms with Crippen LogP contribution in [0.15, 0.2) is 48.5 Å². The normalized spacial score (nSPS) is 17.0. The first kappa shape index (κ1) is 18.3. The van der Waals surface area contributed by atoms with Gasteiger partial charge in [0.2, 0.25) is 0 Å². The van der Waals surface area contributed by atoms with Crippen molar-refractivity contribution in [3.63, 3.8) is 0 Å². The van der Waals surface area contributed by atoms with E-state index in [2.05, 4.69) is 0 Å². The van der Waals surface area contributed by atoms with E-state index in [-0.39, 0.29) is 18.6 Å². The second-order valence-corrected chi connectivity index (χ2v) is 6.56. The summed E-state index contributed by atoms with van der Waals surface area (Å²) < 4.78 is 17.1. The lowest BCUT2D eigenvalue weighted by Crippen LogP contribution is -2.49. The number of carbonyl (C=O) groups is 1. The molecule has 1 aliphatic rings. The van der Waals surface area contributed by atoms with E-state index in [0.717, 1.165) is 11.3 Å². The maximum atomic E-state index is 12.4. The van der Waals surface area contributed by atoms with E-state index in [9.17, 15) is 4.79 Å². The third-order valence-electron chi connectivity index (χ3n) is 4.30. The van der Waals surface area contributed by atoms with Crippen molar-refractivity contribution in [3.05, 3.63) is 59.7 Å². The molecule has 1 aliphatic heterocycles. The first-order valence-electron chi connectivity index (χ1n) is 8.88. The van der Waals surface area contributed by atoms with Gasteiger partial charge >= 0.3 is 0 Å². The molecule has 1 atom stereocenters. The molecule has 0 aliphatic carbocycles. The minimum absolute atomic E-state index is 0.0323. The van der Waals surface area contributed by atoms with Crippen molar-refractivity contribution in [2.45, 2.75) is 20.0 Å². The third-order valence-corrected chi connectivity index (χ3v) is 4.30. The molecule has 1 unspecified atom stereocenters. The van der Waals surface area contributed by atoms with Crippen LogP contribution < -0.4 is 9.47 Å². The van der Waals surface area contributed by atoms with Crippen LogP contribution in [0.2, 0.25) is 0 Å². The molecule has 0 bridgehead atoms. The second kappa shape index (κ2) is 8.72. The molecule has 0 N–H and O–H groups in total. The fourth-order valence-electron chi connectivity index (χ4n) is 2.81. The Morgan fingerprint density at radius 2 is 1.88 bits per heavy atom. The number of aryl methyl sites for hydroxylation is 2. The number of nitrogens with zero attached hydrogens (tertiary/aromatic N) is 1. The smallest absolute Gasteiger partial charge is 0.260 e. The largest absolute Gasteiger partial charge is 0.491 e. The minimum Gasteiger partial charge on any atom is -0.491 e. The summed E-state index contributed by atoms with van der Waals surface area (Å²) in [6.45, 7) is 6.10. The molecular formula is C21H25NO4. The number of amides is 1. The van der Waals surface area contributed by atoms with Gasteiger partial charge in [-0.3, -0.25) is 4.79 Å². The van der Waals surface area contributed by atoms with Gasteiger partial charge in [-0.15, -0.1) is 0 Å². The van der Waals surface area contributed by atoms with Crippen LogP contribution >= 0.6 is 0 Å². The van der Waals surface area contributed by atoms with Crippen LogP contribution in [0.1, 0.15) is 11.1 Å². The lowest BCUT2D eigenvalue weighted by Gasteiger charge is -2.32. The molecule has 5 nitrogen and oxygen atoms in total. The Morgan fingerprint density at radius 3 is 2.65 bits per heavy atom. The molecule has 2 aromatic rings. The van der Waals surface area contributed by atoms with E-state index in [4.69, 9.17) is 14.2 Å². The Balaban J connectivity index is 1.46. The van der Waals surface area contributed by atoms with Crippen molar-refractivity contribution in [2.75, 3.05) is 32.9 Å². The number of benzene rings is 2. The van der Waals surface area contributed by atoms with Crippen LogP contribution in [0.25, 0.3) is 0 Å². The molecule has 5 heteroatoms. The van der Waals surface area contributed by atoms with E-state index in [1.807, 2.05) is 62.4 Å². The zero-order valence-electron chi connectivity index (χ0n) is 15.3. The van der Waals surface area contributed by atoms with Gasteiger partial charge in [-0.25, -0.2) is 0 Å². The van der Waals surface area contributed by atoms with Crippen molar-refractivity contribution in [2.24, 2.45) is 0 Å². The number of rotatable bonds is 6. The molecule has 0 spiro atoms. The highest BCUT2D eigenvalue weighted by atomic mass is 16.5. The van der Waals surface area contributed by atoms with Crippen molar-refractivity contribution in [1.82, 2.24) is 4.90 Å². The van der Waals surface area contributed by atoms with E-state index in [0.29, 0.717) is 32.1 Å². The highest BCUT2D eigenvalue weighted by molar-refractivity contribution is 5.77. The van der Waals surface area contributed by atoms with Crippen LogP contribution in [-0.4, -0.2) is 49.8 Å². The predicted octanol–water partition coefficient (Wildman–Crippen LogP) is 2.99. The number of hydrogen-bond donors (Lipinski definition) is 0. The summed E-state index contributed by atoms with van der Waals surface area (Å²) in [6.07, 6.45) is -0.132. The summed E-state index contributed by atoms with van der Waals surface area (Å²) in [6, 6.07) is 15.6. The van der Waals surface area contributed by atoms with Gasteiger partial charge in [0.1, 0.15) is 24.2 Å². The average molecular weight is 355 g/mol. The molecule has 3 rings (SSSR count). The van der Waals surface area contributed by atoms with E-state index >= 15 is 0 Å². The second-order valence-electron chi connectivity index (χ2n) is 6.56. The van der Waals surface area contributed by atoms with Gasteiger partial charge in [0.25, 0.3) is 5.91 Å². The van der Waals surface area contributed by atoms with E-state index in [1.165, 1.54) is 5.56 Å². The van der Waals surface area contributed by atoms with E-state index in [1.54, 1.807) is 4.90 Å². The van der Waals surface area contributed by atoms with Crippen LogP contribution in [0, 0.1) is 13.8 Å². The van der Waals surface area contributed by atoms with Gasteiger partial charge in [0, 0.05) is 6.54 Å². The average Bonchev–Trinajstić information content (AvgIpc) is 2.66. The maximum absolute atomic E-state index is 12.4. The topological polar surface area (TPSA) is 48.0 Å². The lowest BCUT2D eigenvalue weighted by atomic mass is 10.2. The minimum atomic E-state index is -0.132. The quantitative estimate of drug-likeness (QED) is 0.799. The van der Waals surface area contributed by atoms with Crippen molar-refractivity contribution in [1.29, 1.82) is 0 Å². The van der Waals surface area contributed by atoms with Crippen molar-refractivity contribution in [3.8, 4) is 11.5 Å². The first-order valence-corrected chi connectivity index (χ1v) is 8.88. The molecule has 1 amide bonds. The molecule has 0 radical (unpaired) electrons. The van der Waals surface area contributed by atoms with Crippen LogP contribution in [0.5, 0.6) is 11.5 Å². The fourth-order valence-corrected chi connectivity index (χ4v) is 2.81. The highest BCUT2D eigenvalue weighted by Gasteiger charge is 2.25. The first-order chi connectivity index (χ1) is 12.6. The number of morpholine rings is 1. The molecule has 26 heavy (non-hydrogen) atoms. The molecule has 1 fully saturated rings. The predicted molar refractivity (Wildman–Crippen MR) is 99.7 cm³/mol. The van der Waals surface area contributed by atoms with Gasteiger partial charge in [-0.2, -0.15) is 0 Å². The molecule has 0 aromatic heterocycles. The molecule has 0 saturated carbocycles. The summed E-state index contributed by atoms with van der Waals surface area (Å²) in [7, 11) is 0. The SMILES string of the molecule is Cc1ccc(OCC2CN(C(=O)COc3cccc(C)c3)CCO2)cc1. The van der Waals surface area contributed by atoms with Crippen molar-refractivity contribution < 1.29 is 19.0 Å². The Morgan fingerprint density at radius 1 is 1.08 bits per heavy atom. The lowest BCUT2D eigenvalue weighted by molar-refractivity contribution is -0.142. The number of hydrogen-bond acceptors (Lipinski definition) is 4. The fraction of sp³-hybridized carbons (Fsp3) is 0.381. The standard InChI is InChI=1S/C21H25NO4/c1-16-6-8-18(9-7-16)25-14-20-13-22(10-11-24-20)21(23)15-26-19-5-3-4-17(2)12-19/h3-9,12,20H,10-11,13-15H2,1-2H3. The Bertz CT molecular complexity index is 729. The summed E-state index contributed by atoms with van der Waals surface area (Å²) in [4.78, 5) is 14.2. The highest BCUT2D eigenvalue weighted by Crippen LogP contribution is 2.15. The molecule has 1 saturated heterocycles. The zero-order valence-corrected chi connectivity index (χ0v) is 15.3. The summed E-state index contributed by atoms with van der Waals surface area (Å²) in [5.41, 5.74) is 2.30. The Hall–Kier alpha value is -2.53. The van der Waals surface area contributed by atoms with Crippen molar-refractivity contribution >= 4 is 5.91 Å². The summed E-state index contributed by atoms with van der Waals surface area (Å²) in [5.74, 6) is 1.49. The molecule has 2 aromatic carbocycles. The summed E-state index contributed by atoms with van der Waals surface area (Å²) in [5, 5.41) is 0. The summed E-state index contributed by atoms with van der Waals surface area (Å²) >= 11 is 0. The number of ether oxygens (including phenoxy) is 3. The van der Waals surface area contributed by atoms with Gasteiger partial charge < -0.3 is 19.1 Å². The Kier molecular flexibility index (Phi) is 6.12. The number of carbonyl (C=O) groups excluding carboxylic acids is 1. The van der Waals surface area contributed by atoms with Crippen LogP contribution in [0.3, 0.4) is 0 Å². The monoisotopic (exact) mass is 355 g/mol. The van der Waals surface area contributed by atoms with Gasteiger partial charge in [-0.1, -0.05) is 29.8 Å². The van der Waals surface area contributed by atoms with Crippen LogP contribution in [0.4, 0.5) is 0 Å². The van der Waals surface area contributed by atoms with Gasteiger partial charge in [0.05, 0.1) is 13.2 Å². The third kappa shape index (κ3) is 5.23. The van der Waals surface area contributed by atoms with Gasteiger partial charge in [0.15, 0.2) is 6.61 Å². The zero-order chi connectivity index (χ0) is 18.4. The molecule has 1 heterocycles. The van der Waals surface area contributed by atoms with Gasteiger partial charge in [-0.05, 0) is 43.7 Å². The molecular weight excluding hydrogens is 330 g/mol. The maximum Gasteiger partial charge on any atom is 0.260 e. The molecule has 138 valence electrons. The van der Waals surface area contributed by atoms with E-state index < -0.39 is 0 Å². The van der Waals surface area contributed by atoms with Crippen LogP contribution in [-0.2, 0) is 9.53 Å². The Labute approximate surface area is 154 Å².